The maximum absolute atomic E-state index is 12.3. The fraction of sp³-hybridized carbons (Fsp3) is 0.667. The Morgan fingerprint density at radius 2 is 1.10 bits per heavy atom. The topological polar surface area (TPSA) is 9.23 Å². The molecular weight excluding hydrogens is 330 g/mol. The molecule has 0 aliphatic carbocycles. The van der Waals surface area contributed by atoms with E-state index in [9.17, 15) is 26.3 Å². The molecule has 124 valence electrons. The fourth-order valence-electron chi connectivity index (χ4n) is 1.70. The van der Waals surface area contributed by atoms with Gasteiger partial charge in [0.25, 0.3) is 0 Å². The number of hydrogen-bond donors (Lipinski definition) is 0. The van der Waals surface area contributed by atoms with Crippen LogP contribution in [0.3, 0.4) is 0 Å². The second-order valence-electron chi connectivity index (χ2n) is 5.37. The molecule has 21 heavy (non-hydrogen) atoms. The lowest BCUT2D eigenvalue weighted by Crippen LogP contribution is -2.47. The van der Waals surface area contributed by atoms with Crippen molar-refractivity contribution in [2.24, 2.45) is 0 Å². The van der Waals surface area contributed by atoms with E-state index in [0.717, 1.165) is 0 Å². The predicted molar refractivity (Wildman–Crippen MR) is 75.7 cm³/mol. The van der Waals surface area contributed by atoms with Gasteiger partial charge in [0.2, 0.25) is 16.6 Å². The molecule has 0 aliphatic heterocycles. The van der Waals surface area contributed by atoms with Gasteiger partial charge in [-0.3, -0.25) is 0 Å². The van der Waals surface area contributed by atoms with Crippen LogP contribution >= 0.6 is 0 Å². The van der Waals surface area contributed by atoms with Gasteiger partial charge in [-0.2, -0.15) is 26.3 Å². The van der Waals surface area contributed by atoms with E-state index >= 15 is 0 Å². The van der Waals surface area contributed by atoms with Crippen molar-refractivity contribution < 1.29 is 30.5 Å². The molecule has 0 heterocycles. The lowest BCUT2D eigenvalue weighted by Gasteiger charge is -2.35. The van der Waals surface area contributed by atoms with E-state index in [2.05, 4.69) is 13.2 Å². The monoisotopic (exact) mass is 350 g/mol. The Kier molecular flexibility index (Phi) is 6.96. The summed E-state index contributed by atoms with van der Waals surface area (Å²) in [5.41, 5.74) is 2.70. The highest BCUT2D eigenvalue weighted by molar-refractivity contribution is 6.90. The average molecular weight is 350 g/mol. The minimum atomic E-state index is -4.32. The van der Waals surface area contributed by atoms with E-state index in [1.807, 2.05) is 0 Å². The summed E-state index contributed by atoms with van der Waals surface area (Å²) in [5.74, 6) is 0. The van der Waals surface area contributed by atoms with E-state index in [0.29, 0.717) is 0 Å². The average Bonchev–Trinajstić information content (AvgIpc) is 2.33. The third-order valence-corrected chi connectivity index (χ3v) is 11.1. The molecule has 0 spiro atoms. The summed E-state index contributed by atoms with van der Waals surface area (Å²) >= 11 is 0. The van der Waals surface area contributed by atoms with Crippen molar-refractivity contribution in [3.8, 4) is 0 Å². The van der Waals surface area contributed by atoms with E-state index in [-0.39, 0.29) is 12.1 Å². The Labute approximate surface area is 122 Å². The molecule has 2 unspecified atom stereocenters. The Morgan fingerprint density at radius 3 is 1.29 bits per heavy atom. The molecule has 0 aliphatic rings. The van der Waals surface area contributed by atoms with Crippen molar-refractivity contribution in [1.82, 2.24) is 0 Å². The summed E-state index contributed by atoms with van der Waals surface area (Å²) in [6.07, 6.45) is -10.7. The Balaban J connectivity index is 4.87. The van der Waals surface area contributed by atoms with E-state index < -0.39 is 41.8 Å². The summed E-state index contributed by atoms with van der Waals surface area (Å²) in [6, 6.07) is -0.495. The summed E-state index contributed by atoms with van der Waals surface area (Å²) in [6.45, 7) is 10.1. The van der Waals surface area contributed by atoms with Crippen LogP contribution in [0.15, 0.2) is 24.6 Å². The van der Waals surface area contributed by atoms with Crippen LogP contribution in [0.4, 0.5) is 26.3 Å². The number of halogens is 6. The maximum Gasteiger partial charge on any atom is 0.388 e. The minimum absolute atomic E-state index is 0.248. The second kappa shape index (κ2) is 7.14. The largest absolute Gasteiger partial charge is 0.449 e. The van der Waals surface area contributed by atoms with Gasteiger partial charge in [-0.15, -0.1) is 13.2 Å². The van der Waals surface area contributed by atoms with Crippen LogP contribution in [-0.4, -0.2) is 29.0 Å². The van der Waals surface area contributed by atoms with Crippen molar-refractivity contribution in [2.45, 2.75) is 50.4 Å². The van der Waals surface area contributed by atoms with Gasteiger partial charge in [0.1, 0.15) is 0 Å². The van der Waals surface area contributed by atoms with Crippen LogP contribution in [0.5, 0.6) is 0 Å². The predicted octanol–water partition coefficient (Wildman–Crippen LogP) is 5.51. The number of alkyl halides is 6. The lowest BCUT2D eigenvalue weighted by atomic mass is 10.5. The van der Waals surface area contributed by atoms with Gasteiger partial charge >= 0.3 is 12.4 Å². The van der Waals surface area contributed by atoms with Crippen molar-refractivity contribution in [3.05, 3.63) is 24.6 Å². The highest BCUT2D eigenvalue weighted by Crippen LogP contribution is 2.32. The highest BCUT2D eigenvalue weighted by atomic mass is 28.4. The molecule has 0 amide bonds. The number of hydrogen-bond acceptors (Lipinski definition) is 1. The summed E-state index contributed by atoms with van der Waals surface area (Å²) in [5, 5.41) is 0. The molecule has 0 aromatic carbocycles. The highest BCUT2D eigenvalue weighted by Gasteiger charge is 2.41. The van der Waals surface area contributed by atoms with Gasteiger partial charge in [0.05, 0.1) is 0 Å². The summed E-state index contributed by atoms with van der Waals surface area (Å²) in [7, 11) is -5.84. The number of rotatable bonds is 8. The molecule has 0 aromatic rings. The first-order valence-electron chi connectivity index (χ1n) is 6.35. The molecule has 0 bridgehead atoms. The van der Waals surface area contributed by atoms with Crippen LogP contribution < -0.4 is 0 Å². The third kappa shape index (κ3) is 9.15. The molecule has 0 saturated carbocycles. The van der Waals surface area contributed by atoms with Gasteiger partial charge in [0.15, 0.2) is 0 Å². The first-order chi connectivity index (χ1) is 9.24. The normalized spacial score (nSPS) is 18.7. The maximum atomic E-state index is 12.3. The first-order valence-corrected chi connectivity index (χ1v) is 11.7. The smallest absolute Gasteiger partial charge is 0.388 e. The zero-order valence-electron chi connectivity index (χ0n) is 12.1. The first kappa shape index (κ1) is 20.5. The van der Waals surface area contributed by atoms with Crippen molar-refractivity contribution in [2.75, 3.05) is 0 Å². The molecule has 0 saturated heterocycles. The van der Waals surface area contributed by atoms with E-state index in [1.165, 1.54) is 24.5 Å². The Hall–Kier alpha value is -0.546. The lowest BCUT2D eigenvalue weighted by molar-refractivity contribution is -0.131. The van der Waals surface area contributed by atoms with Gasteiger partial charge in [-0.25, -0.2) is 0 Å². The van der Waals surface area contributed by atoms with Crippen molar-refractivity contribution >= 4 is 16.6 Å². The van der Waals surface area contributed by atoms with Crippen LogP contribution in [0.1, 0.15) is 12.8 Å². The molecule has 9 heteroatoms. The van der Waals surface area contributed by atoms with Crippen molar-refractivity contribution in [1.29, 1.82) is 0 Å². The summed E-state index contributed by atoms with van der Waals surface area (Å²) in [4.78, 5) is 0. The molecule has 0 rings (SSSR count). The van der Waals surface area contributed by atoms with E-state index in [1.54, 1.807) is 0 Å². The quantitative estimate of drug-likeness (QED) is 0.414. The Bertz CT molecular complexity index is 334. The SMILES string of the molecule is C=C[Si](C)(CCC(F)(F)F)O[Si](C)(C=C)CCC(F)(F)F. The standard InChI is InChI=1S/C12H20F6OSi2/c1-5-20(3,9-7-11(13,14)15)19-21(4,6-2)10-8-12(16,17)18/h5-6H,1-2,7-10H2,3-4H3. The van der Waals surface area contributed by atoms with Gasteiger partial charge in [-0.05, 0) is 25.2 Å². The summed E-state index contributed by atoms with van der Waals surface area (Å²) < 4.78 is 79.7. The van der Waals surface area contributed by atoms with Gasteiger partial charge in [-0.1, -0.05) is 11.4 Å². The third-order valence-electron chi connectivity index (χ3n) is 3.14. The zero-order valence-corrected chi connectivity index (χ0v) is 14.1. The van der Waals surface area contributed by atoms with Gasteiger partial charge in [0, 0.05) is 12.8 Å². The van der Waals surface area contributed by atoms with Crippen LogP contribution in [-0.2, 0) is 4.12 Å². The molecular formula is C12H20F6OSi2. The second-order valence-corrected chi connectivity index (χ2v) is 13.2. The van der Waals surface area contributed by atoms with Gasteiger partial charge < -0.3 is 4.12 Å². The zero-order chi connectivity index (χ0) is 16.9. The van der Waals surface area contributed by atoms with Crippen LogP contribution in [0, 0.1) is 0 Å². The van der Waals surface area contributed by atoms with Crippen LogP contribution in [0.25, 0.3) is 0 Å². The molecule has 0 radical (unpaired) electrons. The molecule has 0 N–H and O–H groups in total. The molecule has 0 aromatic heterocycles. The molecule has 0 fully saturated rings. The Morgan fingerprint density at radius 1 is 0.810 bits per heavy atom. The molecule has 2 atom stereocenters. The fourth-order valence-corrected chi connectivity index (χ4v) is 9.41. The minimum Gasteiger partial charge on any atom is -0.449 e. The van der Waals surface area contributed by atoms with E-state index in [4.69, 9.17) is 4.12 Å². The van der Waals surface area contributed by atoms with Crippen molar-refractivity contribution in [3.63, 3.8) is 0 Å². The van der Waals surface area contributed by atoms with Crippen LogP contribution in [0.2, 0.25) is 25.2 Å². The molecule has 1 nitrogen and oxygen atoms in total.